The smallest absolute Gasteiger partial charge is 0.225 e. The van der Waals surface area contributed by atoms with Crippen molar-refractivity contribution in [1.82, 2.24) is 5.32 Å². The van der Waals surface area contributed by atoms with Crippen LogP contribution in [-0.4, -0.2) is 33.7 Å². The summed E-state index contributed by atoms with van der Waals surface area (Å²) in [5, 5.41) is 5.76. The van der Waals surface area contributed by atoms with Crippen molar-refractivity contribution in [1.29, 1.82) is 0 Å². The van der Waals surface area contributed by atoms with E-state index in [9.17, 15) is 13.2 Å². The van der Waals surface area contributed by atoms with E-state index in [1.54, 1.807) is 12.1 Å². The van der Waals surface area contributed by atoms with E-state index in [-0.39, 0.29) is 10.8 Å². The second-order valence-electron chi connectivity index (χ2n) is 3.95. The Balaban J connectivity index is 2.56. The Morgan fingerprint density at radius 2 is 1.83 bits per heavy atom. The topological polar surface area (TPSA) is 75.3 Å². The third-order valence-corrected chi connectivity index (χ3v) is 3.47. The van der Waals surface area contributed by atoms with E-state index in [0.717, 1.165) is 12.8 Å². The van der Waals surface area contributed by atoms with Crippen molar-refractivity contribution < 1.29 is 13.2 Å². The highest BCUT2D eigenvalue weighted by molar-refractivity contribution is 7.90. The molecule has 6 heteroatoms. The van der Waals surface area contributed by atoms with Crippen LogP contribution in [0.3, 0.4) is 0 Å². The fraction of sp³-hybridized carbons (Fsp3) is 0.417. The van der Waals surface area contributed by atoms with Crippen molar-refractivity contribution in [3.63, 3.8) is 0 Å². The van der Waals surface area contributed by atoms with Gasteiger partial charge in [-0.15, -0.1) is 0 Å². The monoisotopic (exact) mass is 270 g/mol. The minimum absolute atomic E-state index is 0.0944. The van der Waals surface area contributed by atoms with Gasteiger partial charge >= 0.3 is 0 Å². The van der Waals surface area contributed by atoms with Gasteiger partial charge in [-0.1, -0.05) is 6.92 Å². The molecular formula is C12H18N2O3S. The van der Waals surface area contributed by atoms with Crippen LogP contribution in [0.15, 0.2) is 29.2 Å². The normalized spacial score (nSPS) is 11.2. The summed E-state index contributed by atoms with van der Waals surface area (Å²) in [5.74, 6) is -0.0944. The molecule has 18 heavy (non-hydrogen) atoms. The molecule has 0 aliphatic rings. The van der Waals surface area contributed by atoms with Crippen LogP contribution in [-0.2, 0) is 14.6 Å². The first-order valence-electron chi connectivity index (χ1n) is 5.74. The standard InChI is InChI=1S/C12H18N2O3S/c1-3-13-9-8-12(15)14-10-4-6-11(7-5-10)18(2,16)17/h4-7,13H,3,8-9H2,1-2H3,(H,14,15). The summed E-state index contributed by atoms with van der Waals surface area (Å²) in [5.41, 5.74) is 0.601. The van der Waals surface area contributed by atoms with E-state index in [4.69, 9.17) is 0 Å². The molecule has 0 radical (unpaired) electrons. The summed E-state index contributed by atoms with van der Waals surface area (Å²) in [7, 11) is -3.19. The number of sulfone groups is 1. The molecular weight excluding hydrogens is 252 g/mol. The maximum atomic E-state index is 11.5. The van der Waals surface area contributed by atoms with Gasteiger partial charge < -0.3 is 10.6 Å². The molecule has 1 rings (SSSR count). The molecule has 0 saturated carbocycles. The SMILES string of the molecule is CCNCCC(=O)Nc1ccc(S(C)(=O)=O)cc1. The lowest BCUT2D eigenvalue weighted by Gasteiger charge is -2.06. The van der Waals surface area contributed by atoms with Gasteiger partial charge in [0.2, 0.25) is 5.91 Å². The second-order valence-corrected chi connectivity index (χ2v) is 5.96. The molecule has 0 aliphatic carbocycles. The zero-order chi connectivity index (χ0) is 13.6. The Labute approximate surface area is 108 Å². The average Bonchev–Trinajstić information content (AvgIpc) is 2.29. The predicted molar refractivity (Wildman–Crippen MR) is 71.3 cm³/mol. The van der Waals surface area contributed by atoms with Gasteiger partial charge in [-0.3, -0.25) is 4.79 Å². The lowest BCUT2D eigenvalue weighted by Crippen LogP contribution is -2.21. The number of carbonyl (C=O) groups excluding carboxylic acids is 1. The van der Waals surface area contributed by atoms with Crippen LogP contribution < -0.4 is 10.6 Å². The van der Waals surface area contributed by atoms with Gasteiger partial charge in [0.05, 0.1) is 4.90 Å². The van der Waals surface area contributed by atoms with E-state index in [0.29, 0.717) is 18.7 Å². The zero-order valence-corrected chi connectivity index (χ0v) is 11.4. The van der Waals surface area contributed by atoms with Crippen molar-refractivity contribution >= 4 is 21.4 Å². The number of amides is 1. The molecule has 0 atom stereocenters. The highest BCUT2D eigenvalue weighted by Gasteiger charge is 2.07. The van der Waals surface area contributed by atoms with Crippen LogP contribution in [0.5, 0.6) is 0 Å². The number of benzene rings is 1. The van der Waals surface area contributed by atoms with Gasteiger partial charge in [0.1, 0.15) is 0 Å². The van der Waals surface area contributed by atoms with E-state index >= 15 is 0 Å². The van der Waals surface area contributed by atoms with Crippen LogP contribution in [0, 0.1) is 0 Å². The Morgan fingerprint density at radius 3 is 2.33 bits per heavy atom. The largest absolute Gasteiger partial charge is 0.326 e. The summed E-state index contributed by atoms with van der Waals surface area (Å²) in [6.07, 6.45) is 1.54. The molecule has 0 heterocycles. The van der Waals surface area contributed by atoms with E-state index in [2.05, 4.69) is 10.6 Å². The van der Waals surface area contributed by atoms with Gasteiger partial charge in [-0.05, 0) is 30.8 Å². The molecule has 0 spiro atoms. The molecule has 100 valence electrons. The van der Waals surface area contributed by atoms with E-state index < -0.39 is 9.84 Å². The van der Waals surface area contributed by atoms with Crippen molar-refractivity contribution in [2.75, 3.05) is 24.7 Å². The summed E-state index contributed by atoms with van der Waals surface area (Å²) >= 11 is 0. The number of hydrogen-bond acceptors (Lipinski definition) is 4. The Kier molecular flexibility index (Phi) is 5.30. The number of anilines is 1. The summed E-state index contributed by atoms with van der Waals surface area (Å²) in [6.45, 7) is 3.43. The van der Waals surface area contributed by atoms with Crippen molar-refractivity contribution in [2.24, 2.45) is 0 Å². The minimum atomic E-state index is -3.19. The van der Waals surface area contributed by atoms with E-state index in [1.807, 2.05) is 6.92 Å². The lowest BCUT2D eigenvalue weighted by molar-refractivity contribution is -0.116. The quantitative estimate of drug-likeness (QED) is 0.757. The van der Waals surface area contributed by atoms with Crippen LogP contribution in [0.25, 0.3) is 0 Å². The van der Waals surface area contributed by atoms with Crippen molar-refractivity contribution in [3.8, 4) is 0 Å². The molecule has 0 aliphatic heterocycles. The number of carbonyl (C=O) groups is 1. The van der Waals surface area contributed by atoms with E-state index in [1.165, 1.54) is 12.1 Å². The summed E-state index contributed by atoms with van der Waals surface area (Å²) < 4.78 is 22.5. The number of hydrogen-bond donors (Lipinski definition) is 2. The van der Waals surface area contributed by atoms with Gasteiger partial charge in [0.15, 0.2) is 9.84 Å². The van der Waals surface area contributed by atoms with Gasteiger partial charge in [0.25, 0.3) is 0 Å². The van der Waals surface area contributed by atoms with Crippen LogP contribution in [0.1, 0.15) is 13.3 Å². The first-order valence-corrected chi connectivity index (χ1v) is 7.63. The first-order chi connectivity index (χ1) is 8.43. The maximum absolute atomic E-state index is 11.5. The Morgan fingerprint density at radius 1 is 1.22 bits per heavy atom. The fourth-order valence-electron chi connectivity index (χ4n) is 1.39. The summed E-state index contributed by atoms with van der Waals surface area (Å²) in [6, 6.07) is 6.13. The molecule has 0 aromatic heterocycles. The van der Waals surface area contributed by atoms with Crippen LogP contribution in [0.2, 0.25) is 0 Å². The van der Waals surface area contributed by atoms with Gasteiger partial charge in [-0.2, -0.15) is 0 Å². The molecule has 1 amide bonds. The third kappa shape index (κ3) is 4.85. The molecule has 0 unspecified atom stereocenters. The van der Waals surface area contributed by atoms with Gasteiger partial charge in [-0.25, -0.2) is 8.42 Å². The maximum Gasteiger partial charge on any atom is 0.225 e. The van der Waals surface area contributed by atoms with Crippen molar-refractivity contribution in [2.45, 2.75) is 18.2 Å². The highest BCUT2D eigenvalue weighted by atomic mass is 32.2. The number of nitrogens with one attached hydrogen (secondary N) is 2. The number of rotatable bonds is 6. The molecule has 1 aromatic rings. The highest BCUT2D eigenvalue weighted by Crippen LogP contribution is 2.13. The lowest BCUT2D eigenvalue weighted by atomic mass is 10.3. The summed E-state index contributed by atoms with van der Waals surface area (Å²) in [4.78, 5) is 11.7. The fourth-order valence-corrected chi connectivity index (χ4v) is 2.02. The molecule has 1 aromatic carbocycles. The molecule has 0 saturated heterocycles. The molecule has 5 nitrogen and oxygen atoms in total. The van der Waals surface area contributed by atoms with Crippen molar-refractivity contribution in [3.05, 3.63) is 24.3 Å². The van der Waals surface area contributed by atoms with Gasteiger partial charge in [0, 0.05) is 24.9 Å². The predicted octanol–water partition coefficient (Wildman–Crippen LogP) is 1.03. The van der Waals surface area contributed by atoms with Crippen LogP contribution in [0.4, 0.5) is 5.69 Å². The first kappa shape index (κ1) is 14.7. The molecule has 0 bridgehead atoms. The Bertz CT molecular complexity index is 495. The second kappa shape index (κ2) is 6.51. The Hall–Kier alpha value is -1.40. The minimum Gasteiger partial charge on any atom is -0.326 e. The third-order valence-electron chi connectivity index (χ3n) is 2.35. The molecule has 2 N–H and O–H groups in total. The zero-order valence-electron chi connectivity index (χ0n) is 10.6. The molecule has 0 fully saturated rings. The van der Waals surface area contributed by atoms with Crippen LogP contribution >= 0.6 is 0 Å². The average molecular weight is 270 g/mol.